The first-order valence-electron chi connectivity index (χ1n) is 3.84. The van der Waals surface area contributed by atoms with Crippen molar-refractivity contribution >= 4 is 0 Å². The van der Waals surface area contributed by atoms with E-state index in [-0.39, 0.29) is 6.04 Å². The molecule has 0 aromatic rings. The van der Waals surface area contributed by atoms with Crippen molar-refractivity contribution in [2.75, 3.05) is 20.1 Å². The summed E-state index contributed by atoms with van der Waals surface area (Å²) in [5, 5.41) is 3.07. The molecular weight excluding hydrogens is 128 g/mol. The highest BCUT2D eigenvalue weighted by Crippen LogP contribution is 2.11. The maximum atomic E-state index is 10.2. The Balaban J connectivity index is 2.32. The van der Waals surface area contributed by atoms with Crippen LogP contribution in [0.3, 0.4) is 0 Å². The predicted molar refractivity (Wildman–Crippen MR) is 40.9 cm³/mol. The van der Waals surface area contributed by atoms with Crippen LogP contribution in [0.1, 0.15) is 19.3 Å². The van der Waals surface area contributed by atoms with E-state index < -0.39 is 0 Å². The second-order valence-corrected chi connectivity index (χ2v) is 2.99. The van der Waals surface area contributed by atoms with Gasteiger partial charge in [0, 0.05) is 0 Å². The Morgan fingerprint density at radius 1 is 1.40 bits per heavy atom. The molecule has 0 aromatic heterocycles. The van der Waals surface area contributed by atoms with E-state index in [1.807, 2.05) is 0 Å². The van der Waals surface area contributed by atoms with Crippen LogP contribution in [0.2, 0.25) is 0 Å². The van der Waals surface area contributed by atoms with Gasteiger partial charge in [-0.1, -0.05) is 5.18 Å². The van der Waals surface area contributed by atoms with Gasteiger partial charge in [0.15, 0.2) is 0 Å². The van der Waals surface area contributed by atoms with Crippen LogP contribution in [-0.4, -0.2) is 31.1 Å². The molecule has 1 aliphatic heterocycles. The molecule has 0 aromatic carbocycles. The molecule has 1 saturated heterocycles. The molecule has 0 saturated carbocycles. The molecule has 1 aliphatic rings. The SMILES string of the molecule is CN1CCCC(N=O)CC1. The Labute approximate surface area is 61.4 Å². The van der Waals surface area contributed by atoms with Gasteiger partial charge in [0.2, 0.25) is 0 Å². The van der Waals surface area contributed by atoms with Crippen molar-refractivity contribution in [3.63, 3.8) is 0 Å². The Hall–Kier alpha value is -0.440. The van der Waals surface area contributed by atoms with Gasteiger partial charge in [0.1, 0.15) is 0 Å². The molecule has 3 nitrogen and oxygen atoms in total. The fraction of sp³-hybridized carbons (Fsp3) is 1.00. The molecule has 1 heterocycles. The van der Waals surface area contributed by atoms with E-state index >= 15 is 0 Å². The first kappa shape index (κ1) is 7.66. The summed E-state index contributed by atoms with van der Waals surface area (Å²) >= 11 is 0. The third-order valence-electron chi connectivity index (χ3n) is 2.07. The van der Waals surface area contributed by atoms with Crippen LogP contribution in [-0.2, 0) is 0 Å². The summed E-state index contributed by atoms with van der Waals surface area (Å²) in [6, 6.07) is 0.0879. The van der Waals surface area contributed by atoms with E-state index in [0.717, 1.165) is 32.4 Å². The maximum absolute atomic E-state index is 10.2. The zero-order chi connectivity index (χ0) is 7.40. The van der Waals surface area contributed by atoms with Crippen molar-refractivity contribution in [3.05, 3.63) is 4.91 Å². The summed E-state index contributed by atoms with van der Waals surface area (Å²) in [5.74, 6) is 0. The highest BCUT2D eigenvalue weighted by Gasteiger charge is 2.13. The lowest BCUT2D eigenvalue weighted by atomic mass is 10.1. The van der Waals surface area contributed by atoms with Crippen molar-refractivity contribution in [1.82, 2.24) is 4.90 Å². The zero-order valence-electron chi connectivity index (χ0n) is 6.42. The number of nitrogens with zero attached hydrogens (tertiary/aromatic N) is 2. The van der Waals surface area contributed by atoms with E-state index in [1.165, 1.54) is 0 Å². The summed E-state index contributed by atoms with van der Waals surface area (Å²) in [6.45, 7) is 2.14. The molecule has 1 fully saturated rings. The Morgan fingerprint density at radius 3 is 2.90 bits per heavy atom. The van der Waals surface area contributed by atoms with Gasteiger partial charge in [0.25, 0.3) is 0 Å². The topological polar surface area (TPSA) is 32.7 Å². The second kappa shape index (κ2) is 3.66. The summed E-state index contributed by atoms with van der Waals surface area (Å²) in [7, 11) is 2.09. The van der Waals surface area contributed by atoms with Gasteiger partial charge < -0.3 is 4.90 Å². The quantitative estimate of drug-likeness (QED) is 0.516. The van der Waals surface area contributed by atoms with Crippen molar-refractivity contribution in [1.29, 1.82) is 0 Å². The highest BCUT2D eigenvalue weighted by atomic mass is 16.3. The van der Waals surface area contributed by atoms with Crippen LogP contribution >= 0.6 is 0 Å². The molecule has 0 amide bonds. The first-order chi connectivity index (χ1) is 4.83. The maximum Gasteiger partial charge on any atom is 0.0932 e. The fourth-order valence-corrected chi connectivity index (χ4v) is 1.33. The molecule has 0 radical (unpaired) electrons. The third kappa shape index (κ3) is 2.06. The molecule has 0 N–H and O–H groups in total. The number of hydrogen-bond acceptors (Lipinski definition) is 3. The van der Waals surface area contributed by atoms with Gasteiger partial charge >= 0.3 is 0 Å². The van der Waals surface area contributed by atoms with Crippen LogP contribution in [0.5, 0.6) is 0 Å². The molecule has 1 atom stereocenters. The fourth-order valence-electron chi connectivity index (χ4n) is 1.33. The normalized spacial score (nSPS) is 29.5. The average molecular weight is 142 g/mol. The van der Waals surface area contributed by atoms with Gasteiger partial charge in [-0.15, -0.1) is 0 Å². The van der Waals surface area contributed by atoms with E-state index in [4.69, 9.17) is 0 Å². The van der Waals surface area contributed by atoms with Gasteiger partial charge in [0.05, 0.1) is 6.04 Å². The molecule has 0 aliphatic carbocycles. The molecular formula is C7H14N2O. The molecule has 3 heteroatoms. The Bertz CT molecular complexity index is 116. The summed E-state index contributed by atoms with van der Waals surface area (Å²) < 4.78 is 0. The minimum atomic E-state index is 0.0879. The number of rotatable bonds is 1. The van der Waals surface area contributed by atoms with Gasteiger partial charge in [-0.3, -0.25) is 0 Å². The standard InChI is InChI=1S/C7H14N2O/c1-9-5-2-3-7(8-10)4-6-9/h7H,2-6H2,1H3. The molecule has 58 valence electrons. The van der Waals surface area contributed by atoms with Crippen LogP contribution in [0.4, 0.5) is 0 Å². The average Bonchev–Trinajstić information content (AvgIpc) is 2.14. The molecule has 1 rings (SSSR count). The summed E-state index contributed by atoms with van der Waals surface area (Å²) in [6.07, 6.45) is 3.04. The van der Waals surface area contributed by atoms with Gasteiger partial charge in [-0.05, 0) is 39.4 Å². The minimum absolute atomic E-state index is 0.0879. The summed E-state index contributed by atoms with van der Waals surface area (Å²) in [5.41, 5.74) is 0. The smallest absolute Gasteiger partial charge is 0.0932 e. The lowest BCUT2D eigenvalue weighted by Gasteiger charge is -2.10. The molecule has 10 heavy (non-hydrogen) atoms. The molecule has 1 unspecified atom stereocenters. The van der Waals surface area contributed by atoms with Crippen molar-refractivity contribution in [2.45, 2.75) is 25.3 Å². The van der Waals surface area contributed by atoms with E-state index in [2.05, 4.69) is 17.1 Å². The monoisotopic (exact) mass is 142 g/mol. The number of hydrogen-bond donors (Lipinski definition) is 0. The minimum Gasteiger partial charge on any atom is -0.306 e. The van der Waals surface area contributed by atoms with Crippen LogP contribution in [0, 0.1) is 4.91 Å². The van der Waals surface area contributed by atoms with Gasteiger partial charge in [-0.2, -0.15) is 4.91 Å². The number of nitroso groups, excluding NO2 is 1. The lowest BCUT2D eigenvalue weighted by Crippen LogP contribution is -2.19. The highest BCUT2D eigenvalue weighted by molar-refractivity contribution is 4.71. The molecule has 0 bridgehead atoms. The van der Waals surface area contributed by atoms with E-state index in [1.54, 1.807) is 0 Å². The number of likely N-dealkylation sites (tertiary alicyclic amines) is 1. The Morgan fingerprint density at radius 2 is 2.20 bits per heavy atom. The third-order valence-corrected chi connectivity index (χ3v) is 2.07. The van der Waals surface area contributed by atoms with E-state index in [9.17, 15) is 4.91 Å². The first-order valence-corrected chi connectivity index (χ1v) is 3.84. The zero-order valence-corrected chi connectivity index (χ0v) is 6.42. The van der Waals surface area contributed by atoms with Crippen LogP contribution in [0.15, 0.2) is 5.18 Å². The largest absolute Gasteiger partial charge is 0.306 e. The van der Waals surface area contributed by atoms with Crippen LogP contribution in [0.25, 0.3) is 0 Å². The predicted octanol–water partition coefficient (Wildman–Crippen LogP) is 1.24. The van der Waals surface area contributed by atoms with Crippen molar-refractivity contribution in [2.24, 2.45) is 5.18 Å². The Kier molecular flexibility index (Phi) is 2.81. The van der Waals surface area contributed by atoms with Crippen molar-refractivity contribution < 1.29 is 0 Å². The lowest BCUT2D eigenvalue weighted by molar-refractivity contribution is 0.347. The summed E-state index contributed by atoms with van der Waals surface area (Å²) in [4.78, 5) is 12.4. The molecule has 0 spiro atoms. The van der Waals surface area contributed by atoms with Gasteiger partial charge in [-0.25, -0.2) is 0 Å². The van der Waals surface area contributed by atoms with Crippen LogP contribution < -0.4 is 0 Å². The van der Waals surface area contributed by atoms with Crippen molar-refractivity contribution in [3.8, 4) is 0 Å². The second-order valence-electron chi connectivity index (χ2n) is 2.99. The van der Waals surface area contributed by atoms with E-state index in [0.29, 0.717) is 0 Å².